The molecule has 4 nitrogen and oxygen atoms in total. The van der Waals surface area contributed by atoms with Gasteiger partial charge in [0.1, 0.15) is 0 Å². The number of benzene rings is 1. The van der Waals surface area contributed by atoms with Crippen molar-refractivity contribution in [3.05, 3.63) is 47.3 Å². The molecule has 0 spiro atoms. The summed E-state index contributed by atoms with van der Waals surface area (Å²) in [7, 11) is 0. The molecule has 16 heavy (non-hydrogen) atoms. The van der Waals surface area contributed by atoms with Gasteiger partial charge in [-0.15, -0.1) is 0 Å². The van der Waals surface area contributed by atoms with E-state index in [1.807, 2.05) is 32.0 Å². The summed E-state index contributed by atoms with van der Waals surface area (Å²) in [6.07, 6.45) is 1.49. The van der Waals surface area contributed by atoms with Gasteiger partial charge in [-0.3, -0.25) is 0 Å². The van der Waals surface area contributed by atoms with Gasteiger partial charge in [0.15, 0.2) is 5.69 Å². The van der Waals surface area contributed by atoms with Gasteiger partial charge in [0.05, 0.1) is 11.9 Å². The summed E-state index contributed by atoms with van der Waals surface area (Å²) in [5.74, 6) is -0.975. The number of carboxylic acid groups (broad SMARTS) is 1. The van der Waals surface area contributed by atoms with Crippen LogP contribution in [0.15, 0.2) is 30.5 Å². The summed E-state index contributed by atoms with van der Waals surface area (Å²) in [6, 6.07) is 7.31. The van der Waals surface area contributed by atoms with Crippen LogP contribution >= 0.6 is 0 Å². The van der Waals surface area contributed by atoms with E-state index in [1.54, 1.807) is 0 Å². The van der Waals surface area contributed by atoms with Crippen LogP contribution in [0.5, 0.6) is 0 Å². The van der Waals surface area contributed by atoms with E-state index in [9.17, 15) is 4.79 Å². The van der Waals surface area contributed by atoms with E-state index in [2.05, 4.69) is 5.10 Å². The molecule has 1 aromatic carbocycles. The van der Waals surface area contributed by atoms with Gasteiger partial charge >= 0.3 is 5.97 Å². The Labute approximate surface area is 93.1 Å². The third-order valence-corrected chi connectivity index (χ3v) is 2.44. The van der Waals surface area contributed by atoms with Crippen LogP contribution in [0.3, 0.4) is 0 Å². The monoisotopic (exact) mass is 216 g/mol. The number of aromatic carboxylic acids is 1. The van der Waals surface area contributed by atoms with Crippen molar-refractivity contribution in [3.8, 4) is 5.69 Å². The summed E-state index contributed by atoms with van der Waals surface area (Å²) in [5.41, 5.74) is 3.12. The molecule has 0 amide bonds. The molecule has 0 aliphatic heterocycles. The summed E-state index contributed by atoms with van der Waals surface area (Å²) in [6.45, 7) is 3.94. The van der Waals surface area contributed by atoms with E-state index in [0.717, 1.165) is 16.8 Å². The fourth-order valence-corrected chi connectivity index (χ4v) is 1.70. The van der Waals surface area contributed by atoms with Gasteiger partial charge < -0.3 is 5.11 Å². The predicted octanol–water partition coefficient (Wildman–Crippen LogP) is 2.19. The molecular weight excluding hydrogens is 204 g/mol. The van der Waals surface area contributed by atoms with Gasteiger partial charge in [-0.05, 0) is 31.5 Å². The highest BCUT2D eigenvalue weighted by molar-refractivity contribution is 5.86. The number of rotatable bonds is 2. The molecule has 0 saturated heterocycles. The lowest BCUT2D eigenvalue weighted by atomic mass is 10.1. The molecule has 4 heteroatoms. The maximum atomic E-state index is 11.0. The van der Waals surface area contributed by atoms with E-state index in [1.165, 1.54) is 16.9 Å². The van der Waals surface area contributed by atoms with Crippen LogP contribution in [0.2, 0.25) is 0 Å². The first-order valence-corrected chi connectivity index (χ1v) is 4.94. The van der Waals surface area contributed by atoms with Gasteiger partial charge in [0.2, 0.25) is 0 Å². The van der Waals surface area contributed by atoms with E-state index in [0.29, 0.717) is 0 Å². The third kappa shape index (κ3) is 1.69. The van der Waals surface area contributed by atoms with E-state index >= 15 is 0 Å². The fourth-order valence-electron chi connectivity index (χ4n) is 1.70. The number of aromatic nitrogens is 2. The first-order valence-electron chi connectivity index (χ1n) is 4.94. The molecule has 0 saturated carbocycles. The first-order chi connectivity index (χ1) is 7.59. The number of hydrogen-bond donors (Lipinski definition) is 1. The average molecular weight is 216 g/mol. The van der Waals surface area contributed by atoms with Gasteiger partial charge in [-0.25, -0.2) is 9.48 Å². The highest BCUT2D eigenvalue weighted by Crippen LogP contribution is 2.16. The average Bonchev–Trinajstić information content (AvgIpc) is 2.66. The van der Waals surface area contributed by atoms with Crippen molar-refractivity contribution in [1.29, 1.82) is 0 Å². The quantitative estimate of drug-likeness (QED) is 0.837. The third-order valence-electron chi connectivity index (χ3n) is 2.44. The molecule has 0 atom stereocenters. The molecule has 2 aromatic rings. The molecule has 2 rings (SSSR count). The second-order valence-electron chi connectivity index (χ2n) is 3.72. The second kappa shape index (κ2) is 3.81. The SMILES string of the molecule is Cc1ccc(-n2nccc2C(=O)O)c(C)c1. The minimum absolute atomic E-state index is 0.173. The molecule has 1 N–H and O–H groups in total. The predicted molar refractivity (Wildman–Crippen MR) is 60.0 cm³/mol. The Bertz CT molecular complexity index is 544. The summed E-state index contributed by atoms with van der Waals surface area (Å²) in [4.78, 5) is 11.0. The molecule has 82 valence electrons. The van der Waals surface area contributed by atoms with Crippen molar-refractivity contribution >= 4 is 5.97 Å². The molecular formula is C12H12N2O2. The van der Waals surface area contributed by atoms with Crippen LogP contribution in [0, 0.1) is 13.8 Å². The highest BCUT2D eigenvalue weighted by Gasteiger charge is 2.12. The number of nitrogens with zero attached hydrogens (tertiary/aromatic N) is 2. The summed E-state index contributed by atoms with van der Waals surface area (Å²) in [5, 5.41) is 13.0. The standard InChI is InChI=1S/C12H12N2O2/c1-8-3-4-10(9(2)7-8)14-11(12(15)16)5-6-13-14/h3-7H,1-2H3,(H,15,16). The first kappa shape index (κ1) is 10.4. The van der Waals surface area contributed by atoms with Crippen LogP contribution in [-0.4, -0.2) is 20.9 Å². The Balaban J connectivity index is 2.59. The Morgan fingerprint density at radius 2 is 2.06 bits per heavy atom. The Morgan fingerprint density at radius 1 is 1.31 bits per heavy atom. The zero-order chi connectivity index (χ0) is 11.7. The topological polar surface area (TPSA) is 55.1 Å². The minimum atomic E-state index is -0.975. The molecule has 0 unspecified atom stereocenters. The van der Waals surface area contributed by atoms with Crippen molar-refractivity contribution in [2.45, 2.75) is 13.8 Å². The zero-order valence-electron chi connectivity index (χ0n) is 9.14. The largest absolute Gasteiger partial charge is 0.477 e. The Hall–Kier alpha value is -2.10. The molecule has 0 bridgehead atoms. The van der Waals surface area contributed by atoms with Crippen molar-refractivity contribution in [2.24, 2.45) is 0 Å². The van der Waals surface area contributed by atoms with Crippen LogP contribution in [0.1, 0.15) is 21.6 Å². The van der Waals surface area contributed by atoms with Crippen LogP contribution in [0.4, 0.5) is 0 Å². The lowest BCUT2D eigenvalue weighted by Crippen LogP contribution is -2.09. The molecule has 0 aliphatic rings. The normalized spacial score (nSPS) is 10.4. The lowest BCUT2D eigenvalue weighted by molar-refractivity contribution is 0.0687. The number of carbonyl (C=O) groups is 1. The van der Waals surface area contributed by atoms with Crippen molar-refractivity contribution < 1.29 is 9.90 Å². The highest BCUT2D eigenvalue weighted by atomic mass is 16.4. The number of hydrogen-bond acceptors (Lipinski definition) is 2. The van der Waals surface area contributed by atoms with Crippen LogP contribution < -0.4 is 0 Å². The summed E-state index contributed by atoms with van der Waals surface area (Å²) >= 11 is 0. The number of aryl methyl sites for hydroxylation is 2. The smallest absolute Gasteiger partial charge is 0.354 e. The molecule has 0 aliphatic carbocycles. The van der Waals surface area contributed by atoms with Crippen molar-refractivity contribution in [1.82, 2.24) is 9.78 Å². The van der Waals surface area contributed by atoms with E-state index in [4.69, 9.17) is 5.11 Å². The maximum Gasteiger partial charge on any atom is 0.354 e. The van der Waals surface area contributed by atoms with Crippen LogP contribution in [-0.2, 0) is 0 Å². The van der Waals surface area contributed by atoms with Gasteiger partial charge in [-0.1, -0.05) is 17.7 Å². The van der Waals surface area contributed by atoms with Gasteiger partial charge in [0, 0.05) is 0 Å². The minimum Gasteiger partial charge on any atom is -0.477 e. The fraction of sp³-hybridized carbons (Fsp3) is 0.167. The van der Waals surface area contributed by atoms with Gasteiger partial charge in [0.25, 0.3) is 0 Å². The zero-order valence-corrected chi connectivity index (χ0v) is 9.14. The Kier molecular flexibility index (Phi) is 2.48. The van der Waals surface area contributed by atoms with Gasteiger partial charge in [-0.2, -0.15) is 5.10 Å². The second-order valence-corrected chi connectivity index (χ2v) is 3.72. The summed E-state index contributed by atoms with van der Waals surface area (Å²) < 4.78 is 1.44. The molecule has 1 aromatic heterocycles. The van der Waals surface area contributed by atoms with E-state index in [-0.39, 0.29) is 5.69 Å². The lowest BCUT2D eigenvalue weighted by Gasteiger charge is -2.08. The van der Waals surface area contributed by atoms with Crippen molar-refractivity contribution in [3.63, 3.8) is 0 Å². The molecule has 0 radical (unpaired) electrons. The van der Waals surface area contributed by atoms with Crippen LogP contribution in [0.25, 0.3) is 5.69 Å². The van der Waals surface area contributed by atoms with E-state index < -0.39 is 5.97 Å². The maximum absolute atomic E-state index is 11.0. The molecule has 1 heterocycles. The van der Waals surface area contributed by atoms with Crippen molar-refractivity contribution in [2.75, 3.05) is 0 Å². The number of carboxylic acids is 1. The Morgan fingerprint density at radius 3 is 2.69 bits per heavy atom. The molecule has 0 fully saturated rings.